The largest absolute Gasteiger partial charge is 0.494 e. The smallest absolute Gasteiger partial charge is 0.186 e. The van der Waals surface area contributed by atoms with Crippen molar-refractivity contribution < 1.29 is 4.74 Å². The highest BCUT2D eigenvalue weighted by atomic mass is 16.5. The zero-order valence-electron chi connectivity index (χ0n) is 11.5. The van der Waals surface area contributed by atoms with E-state index in [2.05, 4.69) is 16.4 Å². The lowest BCUT2D eigenvalue weighted by molar-refractivity contribution is 0.409. The molecule has 1 aromatic heterocycles. The summed E-state index contributed by atoms with van der Waals surface area (Å²) in [5.74, 6) is 0.697. The van der Waals surface area contributed by atoms with Crippen LogP contribution in [0.1, 0.15) is 32.2 Å². The summed E-state index contributed by atoms with van der Waals surface area (Å²) in [5, 5.41) is 17.2. The predicted octanol–water partition coefficient (Wildman–Crippen LogP) is 2.45. The van der Waals surface area contributed by atoms with Crippen molar-refractivity contribution >= 4 is 0 Å². The number of nitrogens with zero attached hydrogens (tertiary/aromatic N) is 4. The van der Waals surface area contributed by atoms with E-state index in [1.807, 2.05) is 45.0 Å². The maximum atomic E-state index is 9.17. The van der Waals surface area contributed by atoms with E-state index >= 15 is 0 Å². The summed E-state index contributed by atoms with van der Waals surface area (Å²) in [6.07, 6.45) is 0. The van der Waals surface area contributed by atoms with Crippen LogP contribution >= 0.6 is 0 Å². The van der Waals surface area contributed by atoms with Crippen molar-refractivity contribution in [2.45, 2.75) is 26.2 Å². The molecular weight excluding hydrogens is 240 g/mol. The van der Waals surface area contributed by atoms with Crippen LogP contribution in [0.4, 0.5) is 0 Å². The minimum Gasteiger partial charge on any atom is -0.494 e. The number of nitriles is 1. The minimum atomic E-state index is -0.241. The van der Waals surface area contributed by atoms with Crippen molar-refractivity contribution in [3.05, 3.63) is 35.7 Å². The van der Waals surface area contributed by atoms with Gasteiger partial charge >= 0.3 is 0 Å². The summed E-state index contributed by atoms with van der Waals surface area (Å²) >= 11 is 0. The Bertz CT molecular complexity index is 632. The average molecular weight is 256 g/mol. The molecule has 1 aromatic carbocycles. The molecule has 5 nitrogen and oxygen atoms in total. The standard InChI is InChI=1S/C14H16N4O/c1-14(2,3)13-10(9-15)16-17-18(13)11-7-5-6-8-12(11)19-4/h5-8H,1-4H3. The van der Waals surface area contributed by atoms with Crippen LogP contribution in [0.2, 0.25) is 0 Å². The second-order valence-electron chi connectivity index (χ2n) is 5.23. The van der Waals surface area contributed by atoms with Gasteiger partial charge in [-0.3, -0.25) is 0 Å². The molecule has 0 amide bonds. The Kier molecular flexibility index (Phi) is 3.26. The molecule has 0 aliphatic carbocycles. The molecule has 0 bridgehead atoms. The van der Waals surface area contributed by atoms with Crippen LogP contribution in [0, 0.1) is 11.3 Å². The van der Waals surface area contributed by atoms with Crippen molar-refractivity contribution in [1.29, 1.82) is 5.26 Å². The highest BCUT2D eigenvalue weighted by Gasteiger charge is 2.27. The molecule has 0 atom stereocenters. The fourth-order valence-corrected chi connectivity index (χ4v) is 2.00. The second kappa shape index (κ2) is 4.73. The van der Waals surface area contributed by atoms with Crippen molar-refractivity contribution in [1.82, 2.24) is 15.0 Å². The van der Waals surface area contributed by atoms with Gasteiger partial charge in [-0.15, -0.1) is 5.10 Å². The van der Waals surface area contributed by atoms with E-state index in [0.717, 1.165) is 11.4 Å². The Morgan fingerprint density at radius 1 is 1.26 bits per heavy atom. The molecule has 1 heterocycles. The van der Waals surface area contributed by atoms with Crippen LogP contribution in [-0.4, -0.2) is 22.1 Å². The number of rotatable bonds is 2. The van der Waals surface area contributed by atoms with Crippen LogP contribution in [0.3, 0.4) is 0 Å². The van der Waals surface area contributed by atoms with Gasteiger partial charge in [-0.25, -0.2) is 4.68 Å². The van der Waals surface area contributed by atoms with Gasteiger partial charge in [0.1, 0.15) is 17.5 Å². The number of ether oxygens (including phenoxy) is 1. The first-order valence-electron chi connectivity index (χ1n) is 5.98. The molecule has 0 N–H and O–H groups in total. The first-order valence-corrected chi connectivity index (χ1v) is 5.98. The number of hydrogen-bond donors (Lipinski definition) is 0. The molecule has 0 fully saturated rings. The van der Waals surface area contributed by atoms with Gasteiger partial charge in [-0.1, -0.05) is 38.1 Å². The van der Waals surface area contributed by atoms with Crippen LogP contribution < -0.4 is 4.74 Å². The zero-order valence-corrected chi connectivity index (χ0v) is 11.5. The molecule has 0 spiro atoms. The molecule has 0 aliphatic heterocycles. The van der Waals surface area contributed by atoms with Gasteiger partial charge in [0.15, 0.2) is 5.69 Å². The molecule has 0 saturated heterocycles. The van der Waals surface area contributed by atoms with Crippen LogP contribution in [0.25, 0.3) is 5.69 Å². The van der Waals surface area contributed by atoms with Crippen LogP contribution in [0.15, 0.2) is 24.3 Å². The molecule has 0 radical (unpaired) electrons. The molecule has 19 heavy (non-hydrogen) atoms. The Balaban J connectivity index is 2.71. The Morgan fingerprint density at radius 2 is 1.95 bits per heavy atom. The number of para-hydroxylation sites is 2. The summed E-state index contributed by atoms with van der Waals surface area (Å²) < 4.78 is 7.02. The first kappa shape index (κ1) is 13.1. The molecule has 2 aromatic rings. The van der Waals surface area contributed by atoms with E-state index in [1.165, 1.54) is 0 Å². The third-order valence-electron chi connectivity index (χ3n) is 2.80. The average Bonchev–Trinajstić information content (AvgIpc) is 2.82. The summed E-state index contributed by atoms with van der Waals surface area (Å²) in [5.41, 5.74) is 1.66. The third-order valence-corrected chi connectivity index (χ3v) is 2.80. The third kappa shape index (κ3) is 2.29. The quantitative estimate of drug-likeness (QED) is 0.827. The number of methoxy groups -OCH3 is 1. The maximum absolute atomic E-state index is 9.17. The van der Waals surface area contributed by atoms with Crippen LogP contribution in [0.5, 0.6) is 5.75 Å². The molecule has 0 aliphatic rings. The van der Waals surface area contributed by atoms with E-state index in [4.69, 9.17) is 4.74 Å². The normalized spacial score (nSPS) is 11.1. The molecular formula is C14H16N4O. The van der Waals surface area contributed by atoms with Gasteiger partial charge in [-0.05, 0) is 12.1 Å². The van der Waals surface area contributed by atoms with Gasteiger partial charge in [0.2, 0.25) is 0 Å². The van der Waals surface area contributed by atoms with Crippen molar-refractivity contribution in [2.75, 3.05) is 7.11 Å². The molecule has 2 rings (SSSR count). The van der Waals surface area contributed by atoms with E-state index in [1.54, 1.807) is 11.8 Å². The lowest BCUT2D eigenvalue weighted by Gasteiger charge is -2.20. The van der Waals surface area contributed by atoms with E-state index in [9.17, 15) is 5.26 Å². The Hall–Kier alpha value is -2.35. The number of benzene rings is 1. The topological polar surface area (TPSA) is 63.7 Å². The monoisotopic (exact) mass is 256 g/mol. The van der Waals surface area contributed by atoms with Gasteiger partial charge in [0, 0.05) is 5.41 Å². The van der Waals surface area contributed by atoms with Gasteiger partial charge < -0.3 is 4.74 Å². The molecule has 0 saturated carbocycles. The fourth-order valence-electron chi connectivity index (χ4n) is 2.00. The van der Waals surface area contributed by atoms with Crippen LogP contribution in [-0.2, 0) is 5.41 Å². The predicted molar refractivity (Wildman–Crippen MR) is 71.3 cm³/mol. The van der Waals surface area contributed by atoms with E-state index in [-0.39, 0.29) is 5.41 Å². The Labute approximate surface area is 112 Å². The van der Waals surface area contributed by atoms with Crippen molar-refractivity contribution in [3.8, 4) is 17.5 Å². The van der Waals surface area contributed by atoms with Crippen molar-refractivity contribution in [2.24, 2.45) is 0 Å². The van der Waals surface area contributed by atoms with E-state index < -0.39 is 0 Å². The summed E-state index contributed by atoms with van der Waals surface area (Å²) in [4.78, 5) is 0. The highest BCUT2D eigenvalue weighted by Crippen LogP contribution is 2.30. The van der Waals surface area contributed by atoms with Gasteiger partial charge in [0.05, 0.1) is 12.8 Å². The first-order chi connectivity index (χ1) is 8.99. The molecule has 5 heteroatoms. The zero-order chi connectivity index (χ0) is 14.0. The van der Waals surface area contributed by atoms with Crippen molar-refractivity contribution in [3.63, 3.8) is 0 Å². The highest BCUT2D eigenvalue weighted by molar-refractivity contribution is 5.48. The fraction of sp³-hybridized carbons (Fsp3) is 0.357. The second-order valence-corrected chi connectivity index (χ2v) is 5.23. The van der Waals surface area contributed by atoms with Gasteiger partial charge in [-0.2, -0.15) is 5.26 Å². The molecule has 98 valence electrons. The summed E-state index contributed by atoms with van der Waals surface area (Å²) in [6, 6.07) is 9.63. The summed E-state index contributed by atoms with van der Waals surface area (Å²) in [6.45, 7) is 6.08. The SMILES string of the molecule is COc1ccccc1-n1nnc(C#N)c1C(C)(C)C. The lowest BCUT2D eigenvalue weighted by Crippen LogP contribution is -2.19. The number of aromatic nitrogens is 3. The maximum Gasteiger partial charge on any atom is 0.186 e. The van der Waals surface area contributed by atoms with E-state index in [0.29, 0.717) is 11.4 Å². The Morgan fingerprint density at radius 3 is 2.53 bits per heavy atom. The van der Waals surface area contributed by atoms with Gasteiger partial charge in [0.25, 0.3) is 0 Å². The lowest BCUT2D eigenvalue weighted by atomic mass is 9.90. The number of hydrogen-bond acceptors (Lipinski definition) is 4. The summed E-state index contributed by atoms with van der Waals surface area (Å²) in [7, 11) is 1.61. The minimum absolute atomic E-state index is 0.241. The molecule has 0 unspecified atom stereocenters.